The normalized spacial score (nSPS) is 21.4. The van der Waals surface area contributed by atoms with Crippen molar-refractivity contribution in [2.24, 2.45) is 0 Å². The summed E-state index contributed by atoms with van der Waals surface area (Å²) in [6, 6.07) is 0.391. The average molecular weight is 240 g/mol. The first-order valence-electron chi connectivity index (χ1n) is 7.28. The fraction of sp³-hybridized carbons (Fsp3) is 0.929. The zero-order valence-electron chi connectivity index (χ0n) is 11.5. The number of nitrogens with zero attached hydrogens (tertiary/aromatic N) is 1. The summed E-state index contributed by atoms with van der Waals surface area (Å²) >= 11 is 0. The van der Waals surface area contributed by atoms with Crippen LogP contribution in [0.3, 0.4) is 0 Å². The number of carbonyl (C=O) groups excluding carboxylic acids is 1. The van der Waals surface area contributed by atoms with Gasteiger partial charge in [0, 0.05) is 19.0 Å². The van der Waals surface area contributed by atoms with Crippen LogP contribution in [0.1, 0.15) is 58.8 Å². The molecule has 1 saturated heterocycles. The van der Waals surface area contributed by atoms with Crippen molar-refractivity contribution in [1.82, 2.24) is 10.2 Å². The van der Waals surface area contributed by atoms with E-state index in [4.69, 9.17) is 0 Å². The molecule has 17 heavy (non-hydrogen) atoms. The van der Waals surface area contributed by atoms with Crippen molar-refractivity contribution in [2.75, 3.05) is 19.6 Å². The number of likely N-dealkylation sites (tertiary alicyclic amines) is 1. The smallest absolute Gasteiger partial charge is 0.219 e. The van der Waals surface area contributed by atoms with Crippen LogP contribution in [0.15, 0.2) is 0 Å². The highest BCUT2D eigenvalue weighted by molar-refractivity contribution is 5.75. The summed E-state index contributed by atoms with van der Waals surface area (Å²) in [7, 11) is 0. The Balaban J connectivity index is 2.17. The highest BCUT2D eigenvalue weighted by Crippen LogP contribution is 2.11. The number of hydrogen-bond donors (Lipinski definition) is 1. The minimum absolute atomic E-state index is 0.197. The predicted molar refractivity (Wildman–Crippen MR) is 72.0 cm³/mol. The Kier molecular flexibility index (Phi) is 7.25. The number of nitrogens with one attached hydrogen (secondary N) is 1. The minimum Gasteiger partial charge on any atom is -0.352 e. The molecule has 100 valence electrons. The molecule has 0 aromatic heterocycles. The monoisotopic (exact) mass is 240 g/mol. The average Bonchev–Trinajstić information content (AvgIpc) is 2.35. The molecule has 1 unspecified atom stereocenters. The molecule has 1 amide bonds. The molecule has 3 heteroatoms. The fourth-order valence-electron chi connectivity index (χ4n) is 2.47. The van der Waals surface area contributed by atoms with Crippen LogP contribution in [0.4, 0.5) is 0 Å². The van der Waals surface area contributed by atoms with Crippen LogP contribution in [0.2, 0.25) is 0 Å². The van der Waals surface area contributed by atoms with E-state index >= 15 is 0 Å². The van der Waals surface area contributed by atoms with Gasteiger partial charge >= 0.3 is 0 Å². The van der Waals surface area contributed by atoms with Crippen molar-refractivity contribution in [2.45, 2.75) is 64.8 Å². The van der Waals surface area contributed by atoms with Gasteiger partial charge in [0.2, 0.25) is 5.91 Å². The quantitative estimate of drug-likeness (QED) is 0.694. The maximum Gasteiger partial charge on any atom is 0.219 e. The minimum atomic E-state index is 0.197. The number of unbranched alkanes of at least 4 members (excludes halogenated alkanes) is 3. The third-order valence-electron chi connectivity index (χ3n) is 3.52. The lowest BCUT2D eigenvalue weighted by Crippen LogP contribution is -2.47. The largest absolute Gasteiger partial charge is 0.352 e. The molecule has 0 radical (unpaired) electrons. The Hall–Kier alpha value is -0.570. The van der Waals surface area contributed by atoms with Gasteiger partial charge in [-0.15, -0.1) is 0 Å². The second-order valence-electron chi connectivity index (χ2n) is 5.12. The van der Waals surface area contributed by atoms with Crippen LogP contribution in [0, 0.1) is 0 Å². The number of carbonyl (C=O) groups is 1. The zero-order chi connectivity index (χ0) is 12.5. The summed E-state index contributed by atoms with van der Waals surface area (Å²) in [4.78, 5) is 13.9. The van der Waals surface area contributed by atoms with Crippen molar-refractivity contribution < 1.29 is 4.79 Å². The molecule has 1 rings (SSSR count). The molecule has 1 N–H and O–H groups in total. The predicted octanol–water partition coefficient (Wildman–Crippen LogP) is 2.56. The Morgan fingerprint density at radius 1 is 1.29 bits per heavy atom. The Morgan fingerprint density at radius 3 is 2.82 bits per heavy atom. The SMILES string of the molecule is CCCCCCN1CCCC(NC(=O)CC)C1. The van der Waals surface area contributed by atoms with E-state index < -0.39 is 0 Å². The highest BCUT2D eigenvalue weighted by Gasteiger charge is 2.20. The number of hydrogen-bond acceptors (Lipinski definition) is 2. The number of amides is 1. The lowest BCUT2D eigenvalue weighted by Gasteiger charge is -2.33. The van der Waals surface area contributed by atoms with Gasteiger partial charge in [-0.25, -0.2) is 0 Å². The van der Waals surface area contributed by atoms with E-state index in [0.29, 0.717) is 12.5 Å². The van der Waals surface area contributed by atoms with Crippen LogP contribution in [-0.4, -0.2) is 36.5 Å². The maximum absolute atomic E-state index is 11.4. The third kappa shape index (κ3) is 6.06. The molecule has 0 aliphatic carbocycles. The first-order chi connectivity index (χ1) is 8.26. The third-order valence-corrected chi connectivity index (χ3v) is 3.52. The van der Waals surface area contributed by atoms with E-state index in [1.54, 1.807) is 0 Å². The molecule has 0 bridgehead atoms. The number of piperidine rings is 1. The molecule has 0 aromatic rings. The summed E-state index contributed by atoms with van der Waals surface area (Å²) in [5.74, 6) is 0.197. The lowest BCUT2D eigenvalue weighted by molar-refractivity contribution is -0.121. The molecule has 1 heterocycles. The Bertz CT molecular complexity index is 218. The molecule has 0 aromatic carbocycles. The van der Waals surface area contributed by atoms with E-state index in [0.717, 1.165) is 13.0 Å². The molecule has 1 fully saturated rings. The summed E-state index contributed by atoms with van der Waals surface area (Å²) in [6.07, 6.45) is 8.28. The first-order valence-corrected chi connectivity index (χ1v) is 7.28. The van der Waals surface area contributed by atoms with Gasteiger partial charge in [0.15, 0.2) is 0 Å². The van der Waals surface area contributed by atoms with Gasteiger partial charge < -0.3 is 10.2 Å². The van der Waals surface area contributed by atoms with E-state index in [9.17, 15) is 4.79 Å². The summed E-state index contributed by atoms with van der Waals surface area (Å²) in [5, 5.41) is 3.12. The first kappa shape index (κ1) is 14.5. The second-order valence-corrected chi connectivity index (χ2v) is 5.12. The maximum atomic E-state index is 11.4. The van der Waals surface area contributed by atoms with Crippen LogP contribution < -0.4 is 5.32 Å². The van der Waals surface area contributed by atoms with Crippen LogP contribution >= 0.6 is 0 Å². The summed E-state index contributed by atoms with van der Waals surface area (Å²) in [5.41, 5.74) is 0. The summed E-state index contributed by atoms with van der Waals surface area (Å²) in [6.45, 7) is 7.64. The molecule has 3 nitrogen and oxygen atoms in total. The topological polar surface area (TPSA) is 32.3 Å². The molecule has 0 spiro atoms. The van der Waals surface area contributed by atoms with Crippen molar-refractivity contribution in [3.05, 3.63) is 0 Å². The van der Waals surface area contributed by atoms with Crippen molar-refractivity contribution >= 4 is 5.91 Å². The Labute approximate surface area is 106 Å². The van der Waals surface area contributed by atoms with Crippen LogP contribution in [0.5, 0.6) is 0 Å². The van der Waals surface area contributed by atoms with Gasteiger partial charge in [0.1, 0.15) is 0 Å². The molecule has 1 aliphatic heterocycles. The van der Waals surface area contributed by atoms with Gasteiger partial charge in [0.25, 0.3) is 0 Å². The van der Waals surface area contributed by atoms with Crippen molar-refractivity contribution in [3.8, 4) is 0 Å². The van der Waals surface area contributed by atoms with E-state index in [1.807, 2.05) is 6.92 Å². The standard InChI is InChI=1S/C14H28N2O/c1-3-5-6-7-10-16-11-8-9-13(12-16)15-14(17)4-2/h13H,3-12H2,1-2H3,(H,15,17). The molecular weight excluding hydrogens is 212 g/mol. The van der Waals surface area contributed by atoms with E-state index in [2.05, 4.69) is 17.1 Å². The summed E-state index contributed by atoms with van der Waals surface area (Å²) < 4.78 is 0. The van der Waals surface area contributed by atoms with Gasteiger partial charge in [0.05, 0.1) is 0 Å². The highest BCUT2D eigenvalue weighted by atomic mass is 16.1. The van der Waals surface area contributed by atoms with Crippen molar-refractivity contribution in [3.63, 3.8) is 0 Å². The second kappa shape index (κ2) is 8.51. The van der Waals surface area contributed by atoms with Gasteiger partial charge in [-0.3, -0.25) is 4.79 Å². The molecule has 1 aliphatic rings. The zero-order valence-corrected chi connectivity index (χ0v) is 11.5. The lowest BCUT2D eigenvalue weighted by atomic mass is 10.0. The molecule has 0 saturated carbocycles. The Morgan fingerprint density at radius 2 is 2.12 bits per heavy atom. The molecule has 1 atom stereocenters. The van der Waals surface area contributed by atoms with E-state index in [1.165, 1.54) is 45.2 Å². The van der Waals surface area contributed by atoms with E-state index in [-0.39, 0.29) is 5.91 Å². The van der Waals surface area contributed by atoms with Crippen LogP contribution in [0.25, 0.3) is 0 Å². The fourth-order valence-corrected chi connectivity index (χ4v) is 2.47. The van der Waals surface area contributed by atoms with Crippen LogP contribution in [-0.2, 0) is 4.79 Å². The van der Waals surface area contributed by atoms with Gasteiger partial charge in [-0.05, 0) is 32.4 Å². The van der Waals surface area contributed by atoms with Gasteiger partial charge in [-0.2, -0.15) is 0 Å². The number of rotatable bonds is 7. The van der Waals surface area contributed by atoms with Gasteiger partial charge in [-0.1, -0.05) is 33.1 Å². The van der Waals surface area contributed by atoms with Crippen molar-refractivity contribution in [1.29, 1.82) is 0 Å². The molecular formula is C14H28N2O.